The third kappa shape index (κ3) is 2.04. The average Bonchev–Trinajstić information content (AvgIpc) is 3.30. The lowest BCUT2D eigenvalue weighted by Gasteiger charge is -2.16. The largest absolute Gasteiger partial charge is 0.494 e. The van der Waals surface area contributed by atoms with Gasteiger partial charge in [-0.1, -0.05) is 11.6 Å². The van der Waals surface area contributed by atoms with Crippen LogP contribution in [0.15, 0.2) is 12.1 Å². The van der Waals surface area contributed by atoms with Crippen LogP contribution in [0.2, 0.25) is 5.02 Å². The zero-order chi connectivity index (χ0) is 14.3. The maximum Gasteiger partial charge on any atom is 0.149 e. The van der Waals surface area contributed by atoms with E-state index in [1.165, 1.54) is 12.8 Å². The minimum Gasteiger partial charge on any atom is -0.494 e. The molecule has 1 N–H and O–H groups in total. The minimum absolute atomic E-state index is 0.523. The minimum atomic E-state index is 0.523. The third-order valence-corrected chi connectivity index (χ3v) is 3.94. The lowest BCUT2D eigenvalue weighted by atomic mass is 10.1. The van der Waals surface area contributed by atoms with Gasteiger partial charge in [-0.15, -0.1) is 0 Å². The Labute approximate surface area is 123 Å². The summed E-state index contributed by atoms with van der Waals surface area (Å²) in [6.07, 6.45) is 2.41. The smallest absolute Gasteiger partial charge is 0.149 e. The normalized spacial score (nSPS) is 14.4. The second kappa shape index (κ2) is 5.02. The van der Waals surface area contributed by atoms with E-state index in [0.717, 1.165) is 22.3 Å². The second-order valence-corrected chi connectivity index (χ2v) is 5.34. The highest BCUT2D eigenvalue weighted by molar-refractivity contribution is 6.34. The lowest BCUT2D eigenvalue weighted by Crippen LogP contribution is -2.00. The quantitative estimate of drug-likeness (QED) is 0.930. The average molecular weight is 293 g/mol. The highest BCUT2D eigenvalue weighted by Crippen LogP contribution is 2.46. The second-order valence-electron chi connectivity index (χ2n) is 4.94. The molecule has 0 aliphatic heterocycles. The van der Waals surface area contributed by atoms with Gasteiger partial charge in [-0.2, -0.15) is 0 Å². The number of aromatic nitrogens is 1. The molecule has 3 rings (SSSR count). The third-order valence-electron chi connectivity index (χ3n) is 3.66. The van der Waals surface area contributed by atoms with Crippen LogP contribution in [0, 0.1) is 0 Å². The fraction of sp³-hybridized carbons (Fsp3) is 0.400. The monoisotopic (exact) mass is 292 g/mol. The molecule has 0 bridgehead atoms. The Morgan fingerprint density at radius 3 is 2.55 bits per heavy atom. The fourth-order valence-electron chi connectivity index (χ4n) is 2.48. The molecule has 0 amide bonds. The Morgan fingerprint density at radius 2 is 2.00 bits per heavy atom. The highest BCUT2D eigenvalue weighted by Gasteiger charge is 2.27. The maximum atomic E-state index is 6.27. The van der Waals surface area contributed by atoms with Crippen molar-refractivity contribution in [3.05, 3.63) is 22.8 Å². The van der Waals surface area contributed by atoms with Gasteiger partial charge in [-0.25, -0.2) is 4.98 Å². The zero-order valence-electron chi connectivity index (χ0n) is 11.8. The van der Waals surface area contributed by atoms with E-state index in [0.29, 0.717) is 22.4 Å². The highest BCUT2D eigenvalue weighted by atomic mass is 35.5. The molecule has 1 fully saturated rings. The number of benzene rings is 1. The predicted molar refractivity (Wildman–Crippen MR) is 81.4 cm³/mol. The molecule has 0 radical (unpaired) electrons. The zero-order valence-corrected chi connectivity index (χ0v) is 12.5. The Hall–Kier alpha value is -1.68. The van der Waals surface area contributed by atoms with Gasteiger partial charge in [0.25, 0.3) is 0 Å². The van der Waals surface area contributed by atoms with Crippen molar-refractivity contribution in [3.8, 4) is 11.5 Å². The summed E-state index contributed by atoms with van der Waals surface area (Å²) in [6, 6.07) is 3.84. The molecule has 0 saturated heterocycles. The van der Waals surface area contributed by atoms with Crippen molar-refractivity contribution in [2.24, 2.45) is 0 Å². The molecule has 0 atom stereocenters. The van der Waals surface area contributed by atoms with E-state index >= 15 is 0 Å². The van der Waals surface area contributed by atoms with Crippen molar-refractivity contribution < 1.29 is 9.47 Å². The summed E-state index contributed by atoms with van der Waals surface area (Å²) < 4.78 is 10.9. The summed E-state index contributed by atoms with van der Waals surface area (Å²) in [7, 11) is 5.13. The van der Waals surface area contributed by atoms with Gasteiger partial charge in [0.15, 0.2) is 0 Å². The molecular formula is C15H17ClN2O2. The van der Waals surface area contributed by atoms with Crippen LogP contribution < -0.4 is 14.8 Å². The number of pyridine rings is 1. The molecule has 1 saturated carbocycles. The number of nitrogens with one attached hydrogen (secondary N) is 1. The van der Waals surface area contributed by atoms with Crippen LogP contribution in [0.5, 0.6) is 11.5 Å². The van der Waals surface area contributed by atoms with Gasteiger partial charge in [-0.05, 0) is 18.9 Å². The molecule has 1 aliphatic rings. The van der Waals surface area contributed by atoms with Gasteiger partial charge < -0.3 is 14.8 Å². The van der Waals surface area contributed by atoms with Gasteiger partial charge in [0.05, 0.1) is 24.6 Å². The maximum absolute atomic E-state index is 6.27. The number of halogens is 1. The summed E-state index contributed by atoms with van der Waals surface area (Å²) in [5.74, 6) is 1.87. The van der Waals surface area contributed by atoms with Gasteiger partial charge in [0, 0.05) is 30.4 Å². The molecule has 1 aliphatic carbocycles. The Morgan fingerprint density at radius 1 is 1.25 bits per heavy atom. The summed E-state index contributed by atoms with van der Waals surface area (Å²) in [6.45, 7) is 0. The van der Waals surface area contributed by atoms with Gasteiger partial charge >= 0.3 is 0 Å². The van der Waals surface area contributed by atoms with E-state index in [2.05, 4.69) is 11.4 Å². The van der Waals surface area contributed by atoms with Crippen molar-refractivity contribution in [2.45, 2.75) is 18.8 Å². The van der Waals surface area contributed by atoms with E-state index in [4.69, 9.17) is 26.1 Å². The molecule has 5 heteroatoms. The number of methoxy groups -OCH3 is 2. The number of fused-ring (bicyclic) bond motifs is 1. The van der Waals surface area contributed by atoms with Crippen LogP contribution in [0.3, 0.4) is 0 Å². The van der Waals surface area contributed by atoms with E-state index in [9.17, 15) is 0 Å². The van der Waals surface area contributed by atoms with E-state index in [1.54, 1.807) is 20.3 Å². The van der Waals surface area contributed by atoms with E-state index in [-0.39, 0.29) is 0 Å². The number of ether oxygens (including phenoxy) is 2. The molecule has 2 aromatic rings. The first kappa shape index (κ1) is 13.3. The van der Waals surface area contributed by atoms with Gasteiger partial charge in [0.2, 0.25) is 0 Å². The lowest BCUT2D eigenvalue weighted by molar-refractivity contribution is 0.410. The van der Waals surface area contributed by atoms with Crippen molar-refractivity contribution in [2.75, 3.05) is 26.6 Å². The molecule has 20 heavy (non-hydrogen) atoms. The van der Waals surface area contributed by atoms with Crippen molar-refractivity contribution >= 4 is 28.2 Å². The first-order chi connectivity index (χ1) is 9.69. The van der Waals surface area contributed by atoms with Crippen molar-refractivity contribution in [1.82, 2.24) is 4.98 Å². The van der Waals surface area contributed by atoms with E-state index < -0.39 is 0 Å². The molecule has 106 valence electrons. The van der Waals surface area contributed by atoms with Crippen LogP contribution >= 0.6 is 11.6 Å². The SMILES string of the molecule is CNc1cc(C2CC2)nc2c(OC)cc(Cl)c(OC)c12. The summed E-state index contributed by atoms with van der Waals surface area (Å²) in [4.78, 5) is 4.76. The molecule has 0 spiro atoms. The topological polar surface area (TPSA) is 43.4 Å². The molecule has 1 aromatic carbocycles. The summed E-state index contributed by atoms with van der Waals surface area (Å²) >= 11 is 6.27. The van der Waals surface area contributed by atoms with Crippen LogP contribution in [0.4, 0.5) is 5.69 Å². The Balaban J connectivity index is 2.38. The number of nitrogens with zero attached hydrogens (tertiary/aromatic N) is 1. The summed E-state index contributed by atoms with van der Waals surface area (Å²) in [5, 5.41) is 4.60. The number of anilines is 1. The molecule has 4 nitrogen and oxygen atoms in total. The molecule has 0 unspecified atom stereocenters. The van der Waals surface area contributed by atoms with Crippen LogP contribution in [0.1, 0.15) is 24.5 Å². The first-order valence-corrected chi connectivity index (χ1v) is 7.00. The number of hydrogen-bond acceptors (Lipinski definition) is 4. The van der Waals surface area contributed by atoms with Crippen molar-refractivity contribution in [3.63, 3.8) is 0 Å². The molecule has 1 aromatic heterocycles. The number of hydrogen-bond donors (Lipinski definition) is 1. The molecular weight excluding hydrogens is 276 g/mol. The predicted octanol–water partition coefficient (Wildman–Crippen LogP) is 3.82. The van der Waals surface area contributed by atoms with Gasteiger partial charge in [0.1, 0.15) is 17.0 Å². The molecule has 1 heterocycles. The van der Waals surface area contributed by atoms with Crippen LogP contribution in [0.25, 0.3) is 10.9 Å². The summed E-state index contributed by atoms with van der Waals surface area (Å²) in [5.41, 5.74) is 2.86. The Kier molecular flexibility index (Phi) is 3.34. The van der Waals surface area contributed by atoms with Gasteiger partial charge in [-0.3, -0.25) is 0 Å². The Bertz CT molecular complexity index is 669. The number of rotatable bonds is 4. The van der Waals surface area contributed by atoms with Crippen molar-refractivity contribution in [1.29, 1.82) is 0 Å². The standard InChI is InChI=1S/C15H17ClN2O2/c1-17-11-7-10(8-4-5-8)18-14-12(19-2)6-9(16)15(20-3)13(11)14/h6-8H,4-5H2,1-3H3,(H,17,18). The van der Waals surface area contributed by atoms with Crippen LogP contribution in [-0.2, 0) is 0 Å². The van der Waals surface area contributed by atoms with Crippen LogP contribution in [-0.4, -0.2) is 26.3 Å². The fourth-order valence-corrected chi connectivity index (χ4v) is 2.75. The first-order valence-electron chi connectivity index (χ1n) is 6.62. The van der Waals surface area contributed by atoms with E-state index in [1.807, 2.05) is 7.05 Å².